The fraction of sp³-hybridized carbons (Fsp3) is 0.381. The second-order valence-corrected chi connectivity index (χ2v) is 7.25. The number of aromatic nitrogens is 3. The first-order valence-corrected chi connectivity index (χ1v) is 9.49. The number of pyridine rings is 1. The van der Waals surface area contributed by atoms with Crippen molar-refractivity contribution in [1.82, 2.24) is 25.3 Å². The summed E-state index contributed by atoms with van der Waals surface area (Å²) in [6, 6.07) is 8.12. The maximum absolute atomic E-state index is 6.04. The molecule has 1 fully saturated rings. The van der Waals surface area contributed by atoms with Crippen LogP contribution in [-0.4, -0.2) is 46.7 Å². The van der Waals surface area contributed by atoms with Gasteiger partial charge in [-0.2, -0.15) is 4.98 Å². The van der Waals surface area contributed by atoms with Gasteiger partial charge in [-0.05, 0) is 50.2 Å². The smallest absolute Gasteiger partial charge is 0.258 e. The Morgan fingerprint density at radius 2 is 2.11 bits per heavy atom. The number of benzene rings is 1. The van der Waals surface area contributed by atoms with Gasteiger partial charge in [-0.25, -0.2) is 0 Å². The normalized spacial score (nSPS) is 17.6. The summed E-state index contributed by atoms with van der Waals surface area (Å²) < 4.78 is 11.6. The van der Waals surface area contributed by atoms with Crippen LogP contribution in [0.1, 0.15) is 28.6 Å². The van der Waals surface area contributed by atoms with Crippen molar-refractivity contribution in [2.24, 2.45) is 0 Å². The fourth-order valence-electron chi connectivity index (χ4n) is 3.52. The molecule has 0 bridgehead atoms. The Hall–Kier alpha value is -2.77. The molecule has 7 heteroatoms. The number of piperazine rings is 1. The van der Waals surface area contributed by atoms with Crippen LogP contribution in [0.5, 0.6) is 5.75 Å². The minimum absolute atomic E-state index is 0.135. The molecule has 1 aliphatic heterocycles. The molecule has 1 N–H and O–H groups in total. The van der Waals surface area contributed by atoms with Crippen molar-refractivity contribution >= 4 is 0 Å². The molecule has 0 radical (unpaired) electrons. The third-order valence-electron chi connectivity index (χ3n) is 5.06. The van der Waals surface area contributed by atoms with Crippen molar-refractivity contribution in [1.29, 1.82) is 0 Å². The van der Waals surface area contributed by atoms with E-state index in [0.29, 0.717) is 12.5 Å². The van der Waals surface area contributed by atoms with E-state index in [-0.39, 0.29) is 6.04 Å². The van der Waals surface area contributed by atoms with Crippen molar-refractivity contribution in [3.63, 3.8) is 0 Å². The Morgan fingerprint density at radius 3 is 2.82 bits per heavy atom. The van der Waals surface area contributed by atoms with Gasteiger partial charge in [-0.15, -0.1) is 0 Å². The van der Waals surface area contributed by atoms with E-state index in [1.807, 2.05) is 44.3 Å². The van der Waals surface area contributed by atoms with E-state index in [1.165, 1.54) is 0 Å². The van der Waals surface area contributed by atoms with Crippen LogP contribution in [0.3, 0.4) is 0 Å². The van der Waals surface area contributed by atoms with Crippen LogP contribution in [0.25, 0.3) is 11.5 Å². The molecule has 1 aliphatic rings. The molecule has 0 aliphatic carbocycles. The van der Waals surface area contributed by atoms with Gasteiger partial charge in [0.15, 0.2) is 5.82 Å². The minimum Gasteiger partial charge on any atom is -0.488 e. The Labute approximate surface area is 164 Å². The lowest BCUT2D eigenvalue weighted by Gasteiger charge is -2.30. The number of hydrogen-bond donors (Lipinski definition) is 1. The number of nitrogens with one attached hydrogen (secondary N) is 1. The molecule has 1 atom stereocenters. The number of hydrogen-bond acceptors (Lipinski definition) is 7. The number of aryl methyl sites for hydroxylation is 2. The average molecular weight is 379 g/mol. The summed E-state index contributed by atoms with van der Waals surface area (Å²) in [5.41, 5.74) is 4.02. The molecule has 1 saturated heterocycles. The first kappa shape index (κ1) is 18.6. The predicted octanol–water partition coefficient (Wildman–Crippen LogP) is 2.90. The van der Waals surface area contributed by atoms with Gasteiger partial charge in [0.05, 0.1) is 6.04 Å². The highest BCUT2D eigenvalue weighted by atomic mass is 16.5. The van der Waals surface area contributed by atoms with Gasteiger partial charge in [-0.1, -0.05) is 11.2 Å². The Morgan fingerprint density at radius 1 is 1.29 bits per heavy atom. The van der Waals surface area contributed by atoms with E-state index in [1.54, 1.807) is 6.20 Å². The molecule has 1 aromatic carbocycles. The molecule has 4 rings (SSSR count). The lowest BCUT2D eigenvalue weighted by molar-refractivity contribution is 0.190. The van der Waals surface area contributed by atoms with Gasteiger partial charge in [-0.3, -0.25) is 9.88 Å². The topological polar surface area (TPSA) is 76.3 Å². The zero-order valence-electron chi connectivity index (χ0n) is 16.5. The highest BCUT2D eigenvalue weighted by molar-refractivity contribution is 5.60. The first-order chi connectivity index (χ1) is 13.6. The zero-order chi connectivity index (χ0) is 19.5. The summed E-state index contributed by atoms with van der Waals surface area (Å²) in [4.78, 5) is 11.0. The first-order valence-electron chi connectivity index (χ1n) is 9.49. The second-order valence-electron chi connectivity index (χ2n) is 7.25. The van der Waals surface area contributed by atoms with Gasteiger partial charge < -0.3 is 14.6 Å². The van der Waals surface area contributed by atoms with Crippen LogP contribution in [0, 0.1) is 13.8 Å². The van der Waals surface area contributed by atoms with Crippen molar-refractivity contribution in [2.75, 3.05) is 26.7 Å². The molecule has 3 aromatic rings. The van der Waals surface area contributed by atoms with Crippen LogP contribution in [-0.2, 0) is 6.61 Å². The summed E-state index contributed by atoms with van der Waals surface area (Å²) >= 11 is 0. The number of ether oxygens (including phenoxy) is 1. The van der Waals surface area contributed by atoms with Crippen LogP contribution >= 0.6 is 0 Å². The van der Waals surface area contributed by atoms with Gasteiger partial charge >= 0.3 is 0 Å². The molecular formula is C21H25N5O2. The van der Waals surface area contributed by atoms with E-state index in [2.05, 4.69) is 32.4 Å². The molecule has 1 unspecified atom stereocenters. The van der Waals surface area contributed by atoms with Crippen molar-refractivity contribution < 1.29 is 9.26 Å². The number of likely N-dealkylation sites (N-methyl/N-ethyl adjacent to an activating group) is 1. The van der Waals surface area contributed by atoms with Crippen LogP contribution in [0.4, 0.5) is 0 Å². The molecule has 7 nitrogen and oxygen atoms in total. The van der Waals surface area contributed by atoms with Crippen molar-refractivity contribution in [3.05, 3.63) is 59.2 Å². The molecule has 0 spiro atoms. The third-order valence-corrected chi connectivity index (χ3v) is 5.06. The van der Waals surface area contributed by atoms with E-state index in [0.717, 1.165) is 53.5 Å². The molecular weight excluding hydrogens is 354 g/mol. The van der Waals surface area contributed by atoms with E-state index in [9.17, 15) is 0 Å². The third kappa shape index (κ3) is 3.90. The molecule has 28 heavy (non-hydrogen) atoms. The summed E-state index contributed by atoms with van der Waals surface area (Å²) in [6.07, 6.45) is 3.57. The molecule has 2 aromatic heterocycles. The standard InChI is InChI=1S/C21H25N5O2/c1-14-9-17(10-15(2)19(14)27-13-16-5-4-6-22-11-16)21-24-20(25-28-21)18-12-23-7-8-26(18)3/h4-6,9-11,18,23H,7-8,12-13H2,1-3H3. The maximum atomic E-state index is 6.04. The van der Waals surface area contributed by atoms with Crippen molar-refractivity contribution in [2.45, 2.75) is 26.5 Å². The summed E-state index contributed by atoms with van der Waals surface area (Å²) in [5.74, 6) is 2.14. The van der Waals surface area contributed by atoms with Crippen LogP contribution in [0.15, 0.2) is 41.2 Å². The van der Waals surface area contributed by atoms with Crippen LogP contribution in [0.2, 0.25) is 0 Å². The van der Waals surface area contributed by atoms with Crippen LogP contribution < -0.4 is 10.1 Å². The second kappa shape index (κ2) is 8.08. The number of nitrogens with zero attached hydrogens (tertiary/aromatic N) is 4. The van der Waals surface area contributed by atoms with Crippen molar-refractivity contribution in [3.8, 4) is 17.2 Å². The molecule has 0 amide bonds. The van der Waals surface area contributed by atoms with E-state index >= 15 is 0 Å². The number of rotatable bonds is 5. The lowest BCUT2D eigenvalue weighted by atomic mass is 10.1. The zero-order valence-corrected chi connectivity index (χ0v) is 16.5. The average Bonchev–Trinajstić information content (AvgIpc) is 3.18. The predicted molar refractivity (Wildman–Crippen MR) is 106 cm³/mol. The van der Waals surface area contributed by atoms with Gasteiger partial charge in [0.1, 0.15) is 12.4 Å². The highest BCUT2D eigenvalue weighted by Gasteiger charge is 2.25. The molecule has 0 saturated carbocycles. The fourth-order valence-corrected chi connectivity index (χ4v) is 3.52. The maximum Gasteiger partial charge on any atom is 0.258 e. The minimum atomic E-state index is 0.135. The quantitative estimate of drug-likeness (QED) is 0.730. The van der Waals surface area contributed by atoms with Gasteiger partial charge in [0, 0.05) is 43.2 Å². The Bertz CT molecular complexity index is 918. The Kier molecular flexibility index (Phi) is 5.36. The largest absolute Gasteiger partial charge is 0.488 e. The lowest BCUT2D eigenvalue weighted by Crippen LogP contribution is -2.44. The summed E-state index contributed by atoms with van der Waals surface area (Å²) in [6.45, 7) is 7.33. The van der Waals surface area contributed by atoms with E-state index < -0.39 is 0 Å². The molecule has 3 heterocycles. The Balaban J connectivity index is 1.53. The monoisotopic (exact) mass is 379 g/mol. The highest BCUT2D eigenvalue weighted by Crippen LogP contribution is 2.31. The summed E-state index contributed by atoms with van der Waals surface area (Å²) in [5, 5.41) is 7.60. The SMILES string of the molecule is Cc1cc(-c2nc(C3CNCCN3C)no2)cc(C)c1OCc1cccnc1. The summed E-state index contributed by atoms with van der Waals surface area (Å²) in [7, 11) is 2.09. The van der Waals surface area contributed by atoms with E-state index in [4.69, 9.17) is 9.26 Å². The molecule has 146 valence electrons. The van der Waals surface area contributed by atoms with Gasteiger partial charge in [0.2, 0.25) is 0 Å². The van der Waals surface area contributed by atoms with Gasteiger partial charge in [0.25, 0.3) is 5.89 Å².